The number of nitrogens with one attached hydrogen (secondary N) is 2. The van der Waals surface area contributed by atoms with Gasteiger partial charge in [0.25, 0.3) is 5.91 Å². The molecular weight excluding hydrogens is 334 g/mol. The third-order valence-electron chi connectivity index (χ3n) is 4.37. The first-order valence-electron chi connectivity index (χ1n) is 8.34. The summed E-state index contributed by atoms with van der Waals surface area (Å²) in [5, 5.41) is 5.96. The van der Waals surface area contributed by atoms with Gasteiger partial charge in [0.1, 0.15) is 11.5 Å². The first-order valence-corrected chi connectivity index (χ1v) is 8.34. The summed E-state index contributed by atoms with van der Waals surface area (Å²) < 4.78 is 10.4. The number of rotatable bonds is 5. The molecule has 0 saturated carbocycles. The third kappa shape index (κ3) is 3.93. The fourth-order valence-electron chi connectivity index (χ4n) is 3.02. The van der Waals surface area contributed by atoms with Gasteiger partial charge in [0, 0.05) is 30.4 Å². The van der Waals surface area contributed by atoms with Gasteiger partial charge in [-0.3, -0.25) is 14.6 Å². The Hall–Kier alpha value is -3.09. The number of benzene rings is 1. The molecule has 2 amide bonds. The lowest BCUT2D eigenvalue weighted by Crippen LogP contribution is -2.50. The number of piperidine rings is 1. The average Bonchev–Trinajstić information content (AvgIpc) is 2.69. The van der Waals surface area contributed by atoms with Crippen LogP contribution in [-0.4, -0.2) is 37.1 Å². The summed E-state index contributed by atoms with van der Waals surface area (Å²) in [6.07, 6.45) is 4.29. The van der Waals surface area contributed by atoms with Gasteiger partial charge in [-0.1, -0.05) is 6.07 Å². The highest BCUT2D eigenvalue weighted by molar-refractivity contribution is 5.95. The lowest BCUT2D eigenvalue weighted by atomic mass is 9.92. The minimum Gasteiger partial charge on any atom is -0.497 e. The number of methoxy groups -OCH3 is 2. The molecule has 2 atom stereocenters. The first-order chi connectivity index (χ1) is 12.6. The van der Waals surface area contributed by atoms with E-state index in [2.05, 4.69) is 15.6 Å². The van der Waals surface area contributed by atoms with Crippen molar-refractivity contribution < 1.29 is 19.1 Å². The third-order valence-corrected chi connectivity index (χ3v) is 4.37. The fraction of sp³-hybridized carbons (Fsp3) is 0.316. The molecule has 2 aromatic rings. The van der Waals surface area contributed by atoms with Crippen LogP contribution in [0.5, 0.6) is 11.5 Å². The second kappa shape index (κ2) is 7.86. The zero-order valence-corrected chi connectivity index (χ0v) is 14.7. The SMILES string of the molecule is COc1cc(OC)cc(C(=O)N[C@H]2CCC(=O)N[C@H]2c2cccnc2)c1. The maximum Gasteiger partial charge on any atom is 0.251 e. The van der Waals surface area contributed by atoms with E-state index in [1.54, 1.807) is 30.6 Å². The van der Waals surface area contributed by atoms with Gasteiger partial charge >= 0.3 is 0 Å². The van der Waals surface area contributed by atoms with E-state index in [0.29, 0.717) is 29.9 Å². The van der Waals surface area contributed by atoms with Crippen LogP contribution in [0.2, 0.25) is 0 Å². The number of nitrogens with zero attached hydrogens (tertiary/aromatic N) is 1. The molecule has 0 spiro atoms. The molecule has 1 aromatic carbocycles. The number of aromatic nitrogens is 1. The summed E-state index contributed by atoms with van der Waals surface area (Å²) in [6, 6.07) is 8.15. The van der Waals surface area contributed by atoms with Gasteiger partial charge in [0.05, 0.1) is 26.3 Å². The summed E-state index contributed by atoms with van der Waals surface area (Å²) in [7, 11) is 3.07. The molecule has 136 valence electrons. The van der Waals surface area contributed by atoms with E-state index in [1.165, 1.54) is 14.2 Å². The van der Waals surface area contributed by atoms with E-state index in [4.69, 9.17) is 9.47 Å². The van der Waals surface area contributed by atoms with Crippen LogP contribution in [0.3, 0.4) is 0 Å². The molecule has 3 rings (SSSR count). The Kier molecular flexibility index (Phi) is 5.36. The van der Waals surface area contributed by atoms with E-state index in [9.17, 15) is 9.59 Å². The molecule has 0 unspecified atom stereocenters. The average molecular weight is 355 g/mol. The molecule has 2 N–H and O–H groups in total. The van der Waals surface area contributed by atoms with Crippen LogP contribution in [0, 0.1) is 0 Å². The molecule has 1 saturated heterocycles. The number of carbonyl (C=O) groups is 2. The van der Waals surface area contributed by atoms with Crippen LogP contribution in [-0.2, 0) is 4.79 Å². The largest absolute Gasteiger partial charge is 0.497 e. The van der Waals surface area contributed by atoms with Gasteiger partial charge < -0.3 is 20.1 Å². The smallest absolute Gasteiger partial charge is 0.251 e. The lowest BCUT2D eigenvalue weighted by molar-refractivity contribution is -0.123. The number of pyridine rings is 1. The van der Waals surface area contributed by atoms with E-state index >= 15 is 0 Å². The molecule has 1 fully saturated rings. The standard InChI is InChI=1S/C19H21N3O4/c1-25-14-8-13(9-15(10-14)26-2)19(24)21-16-5-6-17(23)22-18(16)12-4-3-7-20-11-12/h3-4,7-11,16,18H,5-6H2,1-2H3,(H,21,24)(H,22,23)/t16-,18-/m0/s1. The molecule has 2 heterocycles. The van der Waals surface area contributed by atoms with Crippen LogP contribution >= 0.6 is 0 Å². The summed E-state index contributed by atoms with van der Waals surface area (Å²) in [5.74, 6) is 0.787. The van der Waals surface area contributed by atoms with Crippen molar-refractivity contribution in [2.24, 2.45) is 0 Å². The predicted octanol–water partition coefficient (Wildman–Crippen LogP) is 1.85. The van der Waals surface area contributed by atoms with Gasteiger partial charge in [-0.25, -0.2) is 0 Å². The van der Waals surface area contributed by atoms with Crippen molar-refractivity contribution in [3.63, 3.8) is 0 Å². The minimum atomic E-state index is -0.318. The Morgan fingerprint density at radius 1 is 1.23 bits per heavy atom. The normalized spacial score (nSPS) is 19.4. The molecule has 0 aliphatic carbocycles. The Bertz CT molecular complexity index is 772. The Morgan fingerprint density at radius 3 is 2.58 bits per heavy atom. The van der Waals surface area contributed by atoms with Crippen molar-refractivity contribution in [3.8, 4) is 11.5 Å². The van der Waals surface area contributed by atoms with Crippen molar-refractivity contribution >= 4 is 11.8 Å². The topological polar surface area (TPSA) is 89.5 Å². The second-order valence-electron chi connectivity index (χ2n) is 6.05. The van der Waals surface area contributed by atoms with Crippen molar-refractivity contribution in [1.82, 2.24) is 15.6 Å². The first kappa shape index (κ1) is 17.7. The summed E-state index contributed by atoms with van der Waals surface area (Å²) in [5.41, 5.74) is 1.29. The van der Waals surface area contributed by atoms with Gasteiger partial charge in [-0.2, -0.15) is 0 Å². The highest BCUT2D eigenvalue weighted by Gasteiger charge is 2.31. The quantitative estimate of drug-likeness (QED) is 0.854. The number of ether oxygens (including phenoxy) is 2. The van der Waals surface area contributed by atoms with Crippen molar-refractivity contribution in [3.05, 3.63) is 53.9 Å². The van der Waals surface area contributed by atoms with Gasteiger partial charge in [-0.15, -0.1) is 0 Å². The molecular formula is C19H21N3O4. The molecule has 7 nitrogen and oxygen atoms in total. The number of carbonyl (C=O) groups excluding carboxylic acids is 2. The molecule has 1 aliphatic rings. The van der Waals surface area contributed by atoms with Crippen LogP contribution in [0.1, 0.15) is 34.8 Å². The maximum atomic E-state index is 12.8. The van der Waals surface area contributed by atoms with E-state index in [-0.39, 0.29) is 23.9 Å². The van der Waals surface area contributed by atoms with Gasteiger partial charge in [-0.05, 0) is 30.2 Å². The highest BCUT2D eigenvalue weighted by atomic mass is 16.5. The second-order valence-corrected chi connectivity index (χ2v) is 6.05. The molecule has 26 heavy (non-hydrogen) atoms. The lowest BCUT2D eigenvalue weighted by Gasteiger charge is -2.33. The summed E-state index contributed by atoms with van der Waals surface area (Å²) >= 11 is 0. The van der Waals surface area contributed by atoms with Crippen LogP contribution < -0.4 is 20.1 Å². The number of amides is 2. The van der Waals surface area contributed by atoms with Crippen LogP contribution in [0.25, 0.3) is 0 Å². The Morgan fingerprint density at radius 2 is 1.96 bits per heavy atom. The molecule has 0 radical (unpaired) electrons. The predicted molar refractivity (Wildman–Crippen MR) is 95.2 cm³/mol. The molecule has 1 aliphatic heterocycles. The highest BCUT2D eigenvalue weighted by Crippen LogP contribution is 2.26. The molecule has 7 heteroatoms. The van der Waals surface area contributed by atoms with Crippen molar-refractivity contribution in [2.45, 2.75) is 24.9 Å². The van der Waals surface area contributed by atoms with Gasteiger partial charge in [0.2, 0.25) is 5.91 Å². The van der Waals surface area contributed by atoms with Crippen molar-refractivity contribution in [1.29, 1.82) is 0 Å². The van der Waals surface area contributed by atoms with Gasteiger partial charge in [0.15, 0.2) is 0 Å². The Labute approximate surface area is 151 Å². The number of hydrogen-bond donors (Lipinski definition) is 2. The monoisotopic (exact) mass is 355 g/mol. The van der Waals surface area contributed by atoms with E-state index in [1.807, 2.05) is 12.1 Å². The van der Waals surface area contributed by atoms with Crippen molar-refractivity contribution in [2.75, 3.05) is 14.2 Å². The van der Waals surface area contributed by atoms with E-state index < -0.39 is 0 Å². The zero-order chi connectivity index (χ0) is 18.5. The Balaban J connectivity index is 1.82. The van der Waals surface area contributed by atoms with Crippen LogP contribution in [0.4, 0.5) is 0 Å². The minimum absolute atomic E-state index is 0.0348. The molecule has 1 aromatic heterocycles. The maximum absolute atomic E-state index is 12.8. The summed E-state index contributed by atoms with van der Waals surface area (Å²) in [6.45, 7) is 0. The van der Waals surface area contributed by atoms with Crippen LogP contribution in [0.15, 0.2) is 42.7 Å². The summed E-state index contributed by atoms with van der Waals surface area (Å²) in [4.78, 5) is 28.7. The molecule has 0 bridgehead atoms. The van der Waals surface area contributed by atoms with E-state index in [0.717, 1.165) is 5.56 Å². The fourth-order valence-corrected chi connectivity index (χ4v) is 3.02. The zero-order valence-electron chi connectivity index (χ0n) is 14.7. The number of hydrogen-bond acceptors (Lipinski definition) is 5.